The lowest BCUT2D eigenvalue weighted by Gasteiger charge is -2.32. The fourth-order valence-corrected chi connectivity index (χ4v) is 3.06. The second kappa shape index (κ2) is 7.57. The van der Waals surface area contributed by atoms with Crippen molar-refractivity contribution in [1.82, 2.24) is 9.97 Å². The maximum absolute atomic E-state index is 5.86. The molecule has 0 atom stereocenters. The van der Waals surface area contributed by atoms with Crippen LogP contribution in [0.5, 0.6) is 11.5 Å². The van der Waals surface area contributed by atoms with Crippen molar-refractivity contribution < 1.29 is 9.47 Å². The van der Waals surface area contributed by atoms with E-state index in [0.29, 0.717) is 11.9 Å². The minimum absolute atomic E-state index is 0.280. The van der Waals surface area contributed by atoms with Crippen LogP contribution in [0.25, 0.3) is 0 Å². The van der Waals surface area contributed by atoms with Gasteiger partial charge in [0.2, 0.25) is 5.95 Å². The summed E-state index contributed by atoms with van der Waals surface area (Å²) in [5, 5.41) is 3.32. The Morgan fingerprint density at radius 2 is 1.88 bits per heavy atom. The van der Waals surface area contributed by atoms with Crippen molar-refractivity contribution in [2.45, 2.75) is 31.2 Å². The summed E-state index contributed by atoms with van der Waals surface area (Å²) in [6, 6.07) is 8.17. The van der Waals surface area contributed by atoms with Gasteiger partial charge in [0.1, 0.15) is 5.82 Å². The summed E-state index contributed by atoms with van der Waals surface area (Å²) >= 11 is 0. The van der Waals surface area contributed by atoms with Crippen LogP contribution in [0.2, 0.25) is 0 Å². The number of nitrogens with zero attached hydrogens (tertiary/aromatic N) is 2. The molecule has 7 nitrogen and oxygen atoms in total. The van der Waals surface area contributed by atoms with Gasteiger partial charge in [-0.25, -0.2) is 4.98 Å². The third kappa shape index (κ3) is 4.11. The number of anilines is 2. The summed E-state index contributed by atoms with van der Waals surface area (Å²) in [4.78, 5) is 8.60. The smallest absolute Gasteiger partial charge is 0.222 e. The number of nitrogen functional groups attached to an aromatic ring is 1. The van der Waals surface area contributed by atoms with Crippen LogP contribution in [0.3, 0.4) is 0 Å². The van der Waals surface area contributed by atoms with Gasteiger partial charge in [-0.2, -0.15) is 4.98 Å². The number of rotatable bonds is 7. The first-order valence-corrected chi connectivity index (χ1v) is 8.44. The third-order valence-corrected chi connectivity index (χ3v) is 4.52. The predicted molar refractivity (Wildman–Crippen MR) is 98.1 cm³/mol. The topological polar surface area (TPSA) is 108 Å². The van der Waals surface area contributed by atoms with Crippen LogP contribution in [0.15, 0.2) is 24.3 Å². The van der Waals surface area contributed by atoms with Crippen LogP contribution in [-0.4, -0.2) is 36.8 Å². The van der Waals surface area contributed by atoms with Gasteiger partial charge in [-0.3, -0.25) is 0 Å². The van der Waals surface area contributed by atoms with Gasteiger partial charge in [-0.1, -0.05) is 6.07 Å². The lowest BCUT2D eigenvalue weighted by molar-refractivity contribution is 0.345. The number of nitrogens with one attached hydrogen (secondary N) is 1. The molecule has 1 fully saturated rings. The van der Waals surface area contributed by atoms with Gasteiger partial charge in [0.05, 0.1) is 19.9 Å². The molecule has 134 valence electrons. The van der Waals surface area contributed by atoms with E-state index < -0.39 is 0 Å². The zero-order chi connectivity index (χ0) is 17.8. The van der Waals surface area contributed by atoms with Crippen molar-refractivity contribution >= 4 is 11.8 Å². The fraction of sp³-hybridized carbons (Fsp3) is 0.444. The van der Waals surface area contributed by atoms with Gasteiger partial charge < -0.3 is 26.3 Å². The zero-order valence-corrected chi connectivity index (χ0v) is 14.7. The van der Waals surface area contributed by atoms with Gasteiger partial charge in [0.15, 0.2) is 11.5 Å². The SMILES string of the molecule is COc1ccc(CCNc2cc(C3CC(N)C3)nc(N)n2)cc1OC. The highest BCUT2D eigenvalue weighted by molar-refractivity contribution is 5.44. The number of ether oxygens (including phenoxy) is 2. The Balaban J connectivity index is 1.60. The van der Waals surface area contributed by atoms with E-state index in [-0.39, 0.29) is 6.04 Å². The van der Waals surface area contributed by atoms with Crippen LogP contribution in [0, 0.1) is 0 Å². The summed E-state index contributed by atoms with van der Waals surface area (Å²) in [6.07, 6.45) is 2.75. The molecular formula is C18H25N5O2. The number of hydrogen-bond acceptors (Lipinski definition) is 7. The van der Waals surface area contributed by atoms with Crippen molar-refractivity contribution in [3.8, 4) is 11.5 Å². The molecule has 1 aliphatic carbocycles. The highest BCUT2D eigenvalue weighted by Gasteiger charge is 2.29. The molecular weight excluding hydrogens is 318 g/mol. The van der Waals surface area contributed by atoms with E-state index in [0.717, 1.165) is 54.4 Å². The van der Waals surface area contributed by atoms with Crippen molar-refractivity contribution in [2.75, 3.05) is 31.8 Å². The Bertz CT molecular complexity index is 731. The molecule has 3 rings (SSSR count). The normalized spacial score (nSPS) is 19.2. The number of benzene rings is 1. The van der Waals surface area contributed by atoms with Crippen LogP contribution < -0.4 is 26.3 Å². The summed E-state index contributed by atoms with van der Waals surface area (Å²) in [7, 11) is 3.27. The third-order valence-electron chi connectivity index (χ3n) is 4.52. The first kappa shape index (κ1) is 17.3. The molecule has 0 amide bonds. The van der Waals surface area contributed by atoms with Gasteiger partial charge in [0, 0.05) is 24.6 Å². The number of nitrogens with two attached hydrogens (primary N) is 2. The Morgan fingerprint density at radius 1 is 1.12 bits per heavy atom. The van der Waals surface area contributed by atoms with Gasteiger partial charge >= 0.3 is 0 Å². The largest absolute Gasteiger partial charge is 0.493 e. The Hall–Kier alpha value is -2.54. The molecule has 0 bridgehead atoms. The van der Waals surface area contributed by atoms with Crippen molar-refractivity contribution in [1.29, 1.82) is 0 Å². The minimum Gasteiger partial charge on any atom is -0.493 e. The van der Waals surface area contributed by atoms with Crippen LogP contribution in [0.4, 0.5) is 11.8 Å². The molecule has 0 saturated heterocycles. The van der Waals surface area contributed by atoms with E-state index in [4.69, 9.17) is 20.9 Å². The molecule has 1 heterocycles. The molecule has 5 N–H and O–H groups in total. The van der Waals surface area contributed by atoms with E-state index in [1.54, 1.807) is 14.2 Å². The molecule has 0 radical (unpaired) electrons. The summed E-state index contributed by atoms with van der Waals surface area (Å²) in [5.41, 5.74) is 13.8. The molecule has 0 unspecified atom stereocenters. The van der Waals surface area contributed by atoms with Gasteiger partial charge in [-0.15, -0.1) is 0 Å². The standard InChI is InChI=1S/C18H25N5O2/c1-24-15-4-3-11(7-16(15)25-2)5-6-21-17-10-14(22-18(20)23-17)12-8-13(19)9-12/h3-4,7,10,12-13H,5-6,8-9,19H2,1-2H3,(H3,20,21,22,23). The maximum atomic E-state index is 5.86. The van der Waals surface area contributed by atoms with E-state index in [9.17, 15) is 0 Å². The lowest BCUT2D eigenvalue weighted by Crippen LogP contribution is -2.35. The highest BCUT2D eigenvalue weighted by Crippen LogP contribution is 2.35. The monoisotopic (exact) mass is 343 g/mol. The lowest BCUT2D eigenvalue weighted by atomic mass is 9.78. The first-order chi connectivity index (χ1) is 12.1. The highest BCUT2D eigenvalue weighted by atomic mass is 16.5. The summed E-state index contributed by atoms with van der Waals surface area (Å²) in [6.45, 7) is 0.732. The van der Waals surface area contributed by atoms with Gasteiger partial charge in [0.25, 0.3) is 0 Å². The molecule has 1 aromatic carbocycles. The molecule has 1 saturated carbocycles. The van der Waals surface area contributed by atoms with Crippen molar-refractivity contribution in [3.63, 3.8) is 0 Å². The first-order valence-electron chi connectivity index (χ1n) is 8.44. The zero-order valence-electron chi connectivity index (χ0n) is 14.7. The maximum Gasteiger partial charge on any atom is 0.222 e. The van der Waals surface area contributed by atoms with E-state index >= 15 is 0 Å². The molecule has 25 heavy (non-hydrogen) atoms. The van der Waals surface area contributed by atoms with E-state index in [1.807, 2.05) is 24.3 Å². The average molecular weight is 343 g/mol. The molecule has 2 aromatic rings. The van der Waals surface area contributed by atoms with Crippen LogP contribution in [0.1, 0.15) is 30.0 Å². The number of hydrogen-bond donors (Lipinski definition) is 3. The number of aromatic nitrogens is 2. The predicted octanol–water partition coefficient (Wildman–Crippen LogP) is 1.94. The van der Waals surface area contributed by atoms with Gasteiger partial charge in [-0.05, 0) is 37.0 Å². The Morgan fingerprint density at radius 3 is 2.56 bits per heavy atom. The molecule has 1 aliphatic rings. The second-order valence-corrected chi connectivity index (χ2v) is 6.33. The fourth-order valence-electron chi connectivity index (χ4n) is 3.06. The van der Waals surface area contributed by atoms with E-state index in [1.165, 1.54) is 0 Å². The van der Waals surface area contributed by atoms with Crippen LogP contribution in [-0.2, 0) is 6.42 Å². The van der Waals surface area contributed by atoms with Crippen molar-refractivity contribution in [3.05, 3.63) is 35.5 Å². The average Bonchev–Trinajstić information content (AvgIpc) is 2.58. The van der Waals surface area contributed by atoms with E-state index in [2.05, 4.69) is 15.3 Å². The molecule has 0 aliphatic heterocycles. The quantitative estimate of drug-likeness (QED) is 0.705. The molecule has 0 spiro atoms. The minimum atomic E-state index is 0.280. The Labute approximate surface area is 147 Å². The second-order valence-electron chi connectivity index (χ2n) is 6.33. The summed E-state index contributed by atoms with van der Waals surface area (Å²) in [5.74, 6) is 2.91. The number of methoxy groups -OCH3 is 2. The Kier molecular flexibility index (Phi) is 5.23. The summed E-state index contributed by atoms with van der Waals surface area (Å²) < 4.78 is 10.6. The van der Waals surface area contributed by atoms with Crippen molar-refractivity contribution in [2.24, 2.45) is 5.73 Å². The molecule has 7 heteroatoms. The molecule has 1 aromatic heterocycles. The van der Waals surface area contributed by atoms with Crippen LogP contribution >= 0.6 is 0 Å².